The van der Waals surface area contributed by atoms with E-state index in [0.717, 1.165) is 16.8 Å². The molecule has 0 unspecified atom stereocenters. The van der Waals surface area contributed by atoms with Gasteiger partial charge >= 0.3 is 6.03 Å². The van der Waals surface area contributed by atoms with E-state index >= 15 is 0 Å². The van der Waals surface area contributed by atoms with E-state index in [1.807, 2.05) is 32.0 Å². The second kappa shape index (κ2) is 6.12. The smallest absolute Gasteiger partial charge is 0.319 e. The van der Waals surface area contributed by atoms with Crippen molar-refractivity contribution in [3.8, 4) is 0 Å². The number of anilines is 1. The Morgan fingerprint density at radius 1 is 1.38 bits per heavy atom. The van der Waals surface area contributed by atoms with Crippen molar-refractivity contribution >= 4 is 11.7 Å². The summed E-state index contributed by atoms with van der Waals surface area (Å²) >= 11 is 0. The van der Waals surface area contributed by atoms with E-state index in [2.05, 4.69) is 10.6 Å². The lowest BCUT2D eigenvalue weighted by atomic mass is 10.1. The van der Waals surface area contributed by atoms with Gasteiger partial charge in [0.2, 0.25) is 0 Å². The van der Waals surface area contributed by atoms with Gasteiger partial charge in [-0.05, 0) is 37.5 Å². The Kier molecular flexibility index (Phi) is 4.79. The van der Waals surface area contributed by atoms with E-state index < -0.39 is 0 Å². The first-order valence-electron chi connectivity index (χ1n) is 5.37. The van der Waals surface area contributed by atoms with E-state index in [1.165, 1.54) is 0 Å². The molecule has 0 saturated carbocycles. The van der Waals surface area contributed by atoms with Gasteiger partial charge < -0.3 is 15.7 Å². The van der Waals surface area contributed by atoms with Crippen LogP contribution in [0.25, 0.3) is 0 Å². The maximum atomic E-state index is 11.4. The molecular formula is C12H18N2O2. The minimum atomic E-state index is -0.234. The number of aryl methyl sites for hydroxylation is 1. The quantitative estimate of drug-likeness (QED) is 0.680. The van der Waals surface area contributed by atoms with Crippen LogP contribution in [0.1, 0.15) is 17.5 Å². The van der Waals surface area contributed by atoms with Gasteiger partial charge in [-0.25, -0.2) is 4.79 Å². The molecule has 2 amide bonds. The number of hydrogen-bond acceptors (Lipinski definition) is 2. The molecule has 3 N–H and O–H groups in total. The molecule has 0 atom stereocenters. The van der Waals surface area contributed by atoms with Gasteiger partial charge in [0.25, 0.3) is 0 Å². The Labute approximate surface area is 95.7 Å². The zero-order valence-corrected chi connectivity index (χ0v) is 9.71. The van der Waals surface area contributed by atoms with E-state index in [0.29, 0.717) is 13.0 Å². The van der Waals surface area contributed by atoms with Crippen molar-refractivity contribution in [2.45, 2.75) is 20.3 Å². The average molecular weight is 222 g/mol. The van der Waals surface area contributed by atoms with Crippen molar-refractivity contribution in [3.63, 3.8) is 0 Å². The monoisotopic (exact) mass is 222 g/mol. The van der Waals surface area contributed by atoms with Crippen LogP contribution in [0, 0.1) is 13.8 Å². The average Bonchev–Trinajstić information content (AvgIpc) is 2.25. The predicted octanol–water partition coefficient (Wildman–Crippen LogP) is 1.81. The highest BCUT2D eigenvalue weighted by atomic mass is 16.3. The van der Waals surface area contributed by atoms with E-state index in [1.54, 1.807) is 0 Å². The van der Waals surface area contributed by atoms with Crippen LogP contribution in [0.15, 0.2) is 18.2 Å². The second-order valence-electron chi connectivity index (χ2n) is 3.71. The van der Waals surface area contributed by atoms with Crippen molar-refractivity contribution in [2.24, 2.45) is 0 Å². The minimum Gasteiger partial charge on any atom is -0.396 e. The molecule has 16 heavy (non-hydrogen) atoms. The molecule has 0 bridgehead atoms. The third kappa shape index (κ3) is 3.55. The number of aliphatic hydroxyl groups excluding tert-OH is 1. The van der Waals surface area contributed by atoms with Crippen LogP contribution in [0.5, 0.6) is 0 Å². The fourth-order valence-electron chi connectivity index (χ4n) is 1.33. The number of rotatable bonds is 4. The Balaban J connectivity index is 2.53. The van der Waals surface area contributed by atoms with E-state index in [4.69, 9.17) is 5.11 Å². The maximum Gasteiger partial charge on any atom is 0.319 e. The molecule has 0 fully saturated rings. The normalized spacial score (nSPS) is 9.94. The van der Waals surface area contributed by atoms with Gasteiger partial charge in [0.05, 0.1) is 0 Å². The Morgan fingerprint density at radius 2 is 2.12 bits per heavy atom. The molecule has 0 aliphatic carbocycles. The highest BCUT2D eigenvalue weighted by molar-refractivity contribution is 5.90. The number of carbonyl (C=O) groups is 1. The van der Waals surface area contributed by atoms with Gasteiger partial charge in [0, 0.05) is 18.8 Å². The standard InChI is InChI=1S/C12H18N2O2/c1-9-5-3-6-11(10(9)2)14-12(16)13-7-4-8-15/h3,5-6,15H,4,7-8H2,1-2H3,(H2,13,14,16). The summed E-state index contributed by atoms with van der Waals surface area (Å²) in [6, 6.07) is 5.55. The number of aliphatic hydroxyl groups is 1. The summed E-state index contributed by atoms with van der Waals surface area (Å²) in [4.78, 5) is 11.4. The third-order valence-corrected chi connectivity index (χ3v) is 2.47. The van der Waals surface area contributed by atoms with Crippen LogP contribution in [0.3, 0.4) is 0 Å². The first-order chi connectivity index (χ1) is 7.65. The Hall–Kier alpha value is -1.55. The number of carbonyl (C=O) groups excluding carboxylic acids is 1. The highest BCUT2D eigenvalue weighted by Crippen LogP contribution is 2.17. The van der Waals surface area contributed by atoms with Gasteiger partial charge in [-0.1, -0.05) is 12.1 Å². The van der Waals surface area contributed by atoms with Crippen LogP contribution in [0.2, 0.25) is 0 Å². The SMILES string of the molecule is Cc1cccc(NC(=O)NCCCO)c1C. The Morgan fingerprint density at radius 3 is 2.81 bits per heavy atom. The van der Waals surface area contributed by atoms with Crippen LogP contribution in [0.4, 0.5) is 10.5 Å². The molecule has 0 aliphatic heterocycles. The molecule has 1 aromatic carbocycles. The second-order valence-corrected chi connectivity index (χ2v) is 3.71. The molecule has 0 radical (unpaired) electrons. The summed E-state index contributed by atoms with van der Waals surface area (Å²) < 4.78 is 0. The van der Waals surface area contributed by atoms with Crippen LogP contribution in [-0.2, 0) is 0 Å². The summed E-state index contributed by atoms with van der Waals surface area (Å²) in [6.07, 6.45) is 0.570. The molecule has 88 valence electrons. The molecule has 0 spiro atoms. The van der Waals surface area contributed by atoms with Crippen LogP contribution < -0.4 is 10.6 Å². The van der Waals surface area contributed by atoms with E-state index in [9.17, 15) is 4.79 Å². The topological polar surface area (TPSA) is 61.4 Å². The number of benzene rings is 1. The summed E-state index contributed by atoms with van der Waals surface area (Å²) in [5, 5.41) is 14.0. The zero-order chi connectivity index (χ0) is 12.0. The third-order valence-electron chi connectivity index (χ3n) is 2.47. The molecular weight excluding hydrogens is 204 g/mol. The number of hydrogen-bond donors (Lipinski definition) is 3. The molecule has 4 heteroatoms. The fraction of sp³-hybridized carbons (Fsp3) is 0.417. The summed E-state index contributed by atoms with van der Waals surface area (Å²) in [5.74, 6) is 0. The number of amides is 2. The van der Waals surface area contributed by atoms with Gasteiger partial charge in [0.15, 0.2) is 0 Å². The zero-order valence-electron chi connectivity index (χ0n) is 9.71. The first kappa shape index (κ1) is 12.5. The van der Waals surface area contributed by atoms with Crippen LogP contribution >= 0.6 is 0 Å². The lowest BCUT2D eigenvalue weighted by molar-refractivity contribution is 0.249. The lowest BCUT2D eigenvalue weighted by Crippen LogP contribution is -2.30. The molecule has 0 heterocycles. The van der Waals surface area contributed by atoms with Gasteiger partial charge in [-0.2, -0.15) is 0 Å². The molecule has 1 rings (SSSR count). The van der Waals surface area contributed by atoms with Crippen molar-refractivity contribution in [2.75, 3.05) is 18.5 Å². The molecule has 0 saturated heterocycles. The summed E-state index contributed by atoms with van der Waals surface area (Å²) in [7, 11) is 0. The van der Waals surface area contributed by atoms with Gasteiger partial charge in [-0.15, -0.1) is 0 Å². The first-order valence-corrected chi connectivity index (χ1v) is 5.37. The Bertz CT molecular complexity index is 364. The van der Waals surface area contributed by atoms with Gasteiger partial charge in [0.1, 0.15) is 0 Å². The summed E-state index contributed by atoms with van der Waals surface area (Å²) in [6.45, 7) is 4.54. The number of nitrogens with one attached hydrogen (secondary N) is 2. The molecule has 0 aromatic heterocycles. The van der Waals surface area contributed by atoms with Crippen LogP contribution in [-0.4, -0.2) is 24.3 Å². The molecule has 4 nitrogen and oxygen atoms in total. The van der Waals surface area contributed by atoms with Gasteiger partial charge in [-0.3, -0.25) is 0 Å². The van der Waals surface area contributed by atoms with E-state index in [-0.39, 0.29) is 12.6 Å². The lowest BCUT2D eigenvalue weighted by Gasteiger charge is -2.10. The fourth-order valence-corrected chi connectivity index (χ4v) is 1.33. The molecule has 1 aromatic rings. The van der Waals surface area contributed by atoms with Crippen molar-refractivity contribution < 1.29 is 9.90 Å². The maximum absolute atomic E-state index is 11.4. The highest BCUT2D eigenvalue weighted by Gasteiger charge is 2.04. The van der Waals surface area contributed by atoms with Crippen molar-refractivity contribution in [1.82, 2.24) is 5.32 Å². The van der Waals surface area contributed by atoms with Crippen molar-refractivity contribution in [1.29, 1.82) is 0 Å². The minimum absolute atomic E-state index is 0.0871. The van der Waals surface area contributed by atoms with Crippen molar-refractivity contribution in [3.05, 3.63) is 29.3 Å². The molecule has 0 aliphatic rings. The number of urea groups is 1. The summed E-state index contributed by atoms with van der Waals surface area (Å²) in [5.41, 5.74) is 3.04. The predicted molar refractivity (Wildman–Crippen MR) is 64.6 cm³/mol. The largest absolute Gasteiger partial charge is 0.396 e.